The molecule has 2 heterocycles. The monoisotopic (exact) mass is 496 g/mol. The molecule has 3 N–H and O–H groups in total. The zero-order valence-electron chi connectivity index (χ0n) is 16.7. The van der Waals surface area contributed by atoms with Gasteiger partial charge in [-0.15, -0.1) is 0 Å². The minimum Gasteiger partial charge on any atom is -0.483 e. The molecule has 7 nitrogen and oxygen atoms in total. The molecule has 0 saturated heterocycles. The molecule has 1 amide bonds. The van der Waals surface area contributed by atoms with Crippen LogP contribution in [0, 0.1) is 18.6 Å². The molecule has 0 radical (unpaired) electrons. The number of benzene rings is 1. The zero-order valence-corrected chi connectivity index (χ0v) is 16.7. The normalized spacial score (nSPS) is 12.0. The van der Waals surface area contributed by atoms with E-state index in [1.165, 1.54) is 0 Å². The Balaban J connectivity index is 2.08. The summed E-state index contributed by atoms with van der Waals surface area (Å²) in [5, 5.41) is 6.87. The van der Waals surface area contributed by atoms with Gasteiger partial charge in [-0.2, -0.15) is 31.4 Å². The number of hydrogen-bond acceptors (Lipinski definition) is 4. The largest absolute Gasteiger partial charge is 0.483 e. The number of halogens is 8. The van der Waals surface area contributed by atoms with Crippen LogP contribution in [0.2, 0.25) is 0 Å². The highest BCUT2D eigenvalue weighted by atomic mass is 19.4. The highest BCUT2D eigenvalue weighted by Crippen LogP contribution is 2.36. The number of hydrogen-bond donors (Lipinski definition) is 3. The molecule has 0 aliphatic heterocycles. The molecule has 3 rings (SSSR count). The second kappa shape index (κ2) is 8.79. The van der Waals surface area contributed by atoms with Gasteiger partial charge in [0.15, 0.2) is 18.1 Å². The average molecular weight is 496 g/mol. The van der Waals surface area contributed by atoms with Gasteiger partial charge >= 0.3 is 12.4 Å². The lowest BCUT2D eigenvalue weighted by Gasteiger charge is -2.16. The van der Waals surface area contributed by atoms with Gasteiger partial charge in [0.2, 0.25) is 0 Å². The summed E-state index contributed by atoms with van der Waals surface area (Å²) in [4.78, 5) is 26.1. The molecule has 0 aliphatic carbocycles. The van der Waals surface area contributed by atoms with Crippen molar-refractivity contribution in [3.63, 3.8) is 0 Å². The van der Waals surface area contributed by atoms with E-state index in [-0.39, 0.29) is 11.4 Å². The predicted octanol–water partition coefficient (Wildman–Crippen LogP) is 4.56. The number of carbonyl (C=O) groups excluding carboxylic acids is 1. The lowest BCUT2D eigenvalue weighted by atomic mass is 10.1. The Morgan fingerprint density at radius 2 is 1.76 bits per heavy atom. The fraction of sp³-hybridized carbons (Fsp3) is 0.211. The molecule has 2 aromatic heterocycles. The fourth-order valence-electron chi connectivity index (χ4n) is 2.80. The van der Waals surface area contributed by atoms with E-state index in [2.05, 4.69) is 9.84 Å². The maximum Gasteiger partial charge on any atom is 0.437 e. The number of nitrogens with zero attached hydrogens (tertiary/aromatic N) is 1. The van der Waals surface area contributed by atoms with Gasteiger partial charge in [-0.25, -0.2) is 8.78 Å². The van der Waals surface area contributed by atoms with E-state index in [1.54, 1.807) is 0 Å². The van der Waals surface area contributed by atoms with E-state index >= 15 is 0 Å². The van der Waals surface area contributed by atoms with Crippen LogP contribution >= 0.6 is 0 Å². The number of alkyl halides is 6. The molecular formula is C19H12F8N4O3. The predicted molar refractivity (Wildman–Crippen MR) is 100 cm³/mol. The van der Waals surface area contributed by atoms with Crippen molar-refractivity contribution in [1.82, 2.24) is 15.2 Å². The van der Waals surface area contributed by atoms with E-state index in [0.717, 1.165) is 13.0 Å². The summed E-state index contributed by atoms with van der Waals surface area (Å²) >= 11 is 0. The third-order valence-electron chi connectivity index (χ3n) is 4.31. The van der Waals surface area contributed by atoms with Gasteiger partial charge in [-0.05, 0) is 31.2 Å². The summed E-state index contributed by atoms with van der Waals surface area (Å²) in [6.07, 6.45) is -9.89. The van der Waals surface area contributed by atoms with E-state index in [4.69, 9.17) is 0 Å². The molecule has 15 heteroatoms. The van der Waals surface area contributed by atoms with Crippen LogP contribution in [0.4, 0.5) is 40.8 Å². The van der Waals surface area contributed by atoms with E-state index in [0.29, 0.717) is 18.2 Å². The number of anilines is 1. The molecular weight excluding hydrogens is 484 g/mol. The molecule has 3 aromatic rings. The summed E-state index contributed by atoms with van der Waals surface area (Å²) in [5.41, 5.74) is -5.66. The molecule has 34 heavy (non-hydrogen) atoms. The first-order chi connectivity index (χ1) is 15.7. The standard InChI is InChI=1S/C19H12F8N4O3/c1-7-14(15(31-30-7)19(25,26)27)29-16(32)9-4-11(21)8(5-13(9)34-6-18(22,23)24)12-3-2-10(20)17(33)28-12/h2-5H,6H2,1H3,(H,28,33)(H,29,32)(H,30,31). The molecule has 182 valence electrons. The van der Waals surface area contributed by atoms with Crippen LogP contribution in [0.25, 0.3) is 11.3 Å². The van der Waals surface area contributed by atoms with Crippen LogP contribution < -0.4 is 15.6 Å². The van der Waals surface area contributed by atoms with Crippen LogP contribution in [-0.4, -0.2) is 33.9 Å². The van der Waals surface area contributed by atoms with E-state index in [1.807, 2.05) is 15.4 Å². The quantitative estimate of drug-likeness (QED) is 0.451. The Bertz CT molecular complexity index is 1290. The maximum atomic E-state index is 14.7. The first-order valence-electron chi connectivity index (χ1n) is 9.03. The molecule has 0 saturated carbocycles. The second-order valence-corrected chi connectivity index (χ2v) is 6.81. The number of amides is 1. The van der Waals surface area contributed by atoms with Crippen LogP contribution in [0.5, 0.6) is 5.75 Å². The van der Waals surface area contributed by atoms with Crippen molar-refractivity contribution in [2.75, 3.05) is 11.9 Å². The Morgan fingerprint density at radius 3 is 2.35 bits per heavy atom. The highest BCUT2D eigenvalue weighted by molar-refractivity contribution is 6.07. The van der Waals surface area contributed by atoms with Crippen molar-refractivity contribution < 1.29 is 44.7 Å². The number of aryl methyl sites for hydroxylation is 1. The number of rotatable bonds is 5. The van der Waals surface area contributed by atoms with Gasteiger partial charge in [0.25, 0.3) is 11.5 Å². The van der Waals surface area contributed by atoms with E-state index < -0.39 is 70.3 Å². The summed E-state index contributed by atoms with van der Waals surface area (Å²) < 4.78 is 110. The summed E-state index contributed by atoms with van der Waals surface area (Å²) in [5.74, 6) is -4.80. The third-order valence-corrected chi connectivity index (χ3v) is 4.31. The van der Waals surface area contributed by atoms with Crippen LogP contribution in [0.15, 0.2) is 29.1 Å². The zero-order chi connectivity index (χ0) is 25.4. The Kier molecular flexibility index (Phi) is 6.40. The van der Waals surface area contributed by atoms with Crippen molar-refractivity contribution in [1.29, 1.82) is 0 Å². The topological polar surface area (TPSA) is 99.9 Å². The lowest BCUT2D eigenvalue weighted by molar-refractivity contribution is -0.153. The number of aromatic amines is 2. The molecule has 0 aliphatic rings. The molecule has 1 aromatic carbocycles. The molecule has 0 bridgehead atoms. The van der Waals surface area contributed by atoms with Gasteiger partial charge in [0, 0.05) is 5.56 Å². The number of ether oxygens (including phenoxy) is 1. The van der Waals surface area contributed by atoms with Crippen molar-refractivity contribution in [3.8, 4) is 17.0 Å². The Morgan fingerprint density at radius 1 is 1.09 bits per heavy atom. The van der Waals surface area contributed by atoms with Crippen molar-refractivity contribution >= 4 is 11.6 Å². The maximum absolute atomic E-state index is 14.7. The van der Waals surface area contributed by atoms with Gasteiger partial charge < -0.3 is 15.0 Å². The van der Waals surface area contributed by atoms with E-state index in [9.17, 15) is 44.7 Å². The molecule has 0 atom stereocenters. The first-order valence-corrected chi connectivity index (χ1v) is 9.03. The number of nitrogens with one attached hydrogen (secondary N) is 3. The summed E-state index contributed by atoms with van der Waals surface area (Å²) in [6, 6.07) is 2.60. The molecule has 0 fully saturated rings. The van der Waals surface area contributed by atoms with Crippen molar-refractivity contribution in [2.24, 2.45) is 0 Å². The Hall–Kier alpha value is -3.91. The third kappa shape index (κ3) is 5.35. The average Bonchev–Trinajstić information content (AvgIpc) is 3.09. The first kappa shape index (κ1) is 24.7. The number of pyridine rings is 1. The minimum atomic E-state index is -4.99. The number of carbonyl (C=O) groups is 1. The highest BCUT2D eigenvalue weighted by Gasteiger charge is 2.38. The number of H-pyrrole nitrogens is 2. The van der Waals surface area contributed by atoms with Gasteiger partial charge in [0.1, 0.15) is 11.6 Å². The van der Waals surface area contributed by atoms with Gasteiger partial charge in [-0.1, -0.05) is 0 Å². The molecule has 0 spiro atoms. The fourth-order valence-corrected chi connectivity index (χ4v) is 2.80. The van der Waals surface area contributed by atoms with Crippen molar-refractivity contribution in [3.05, 3.63) is 63.2 Å². The van der Waals surface area contributed by atoms with Crippen LogP contribution in [-0.2, 0) is 6.18 Å². The van der Waals surface area contributed by atoms with Crippen LogP contribution in [0.1, 0.15) is 21.7 Å². The summed E-state index contributed by atoms with van der Waals surface area (Å²) in [6.45, 7) is -0.801. The van der Waals surface area contributed by atoms with Crippen LogP contribution in [0.3, 0.4) is 0 Å². The smallest absolute Gasteiger partial charge is 0.437 e. The summed E-state index contributed by atoms with van der Waals surface area (Å²) in [7, 11) is 0. The van der Waals surface area contributed by atoms with Gasteiger partial charge in [0.05, 0.1) is 22.6 Å². The SMILES string of the molecule is Cc1[nH]nc(C(F)(F)F)c1NC(=O)c1cc(F)c(-c2ccc(F)c(=O)[nH]2)cc1OCC(F)(F)F. The molecule has 0 unspecified atom stereocenters. The van der Waals surface area contributed by atoms with Crippen molar-refractivity contribution in [2.45, 2.75) is 19.3 Å². The number of aromatic nitrogens is 3. The lowest BCUT2D eigenvalue weighted by Crippen LogP contribution is -2.22. The van der Waals surface area contributed by atoms with Gasteiger partial charge in [-0.3, -0.25) is 14.7 Å². The second-order valence-electron chi connectivity index (χ2n) is 6.81. The Labute approximate surface area is 183 Å². The minimum absolute atomic E-state index is 0.237.